The van der Waals surface area contributed by atoms with Crippen molar-refractivity contribution in [1.82, 2.24) is 14.1 Å². The predicted molar refractivity (Wildman–Crippen MR) is 114 cm³/mol. The van der Waals surface area contributed by atoms with Crippen LogP contribution < -0.4 is 20.7 Å². The van der Waals surface area contributed by atoms with E-state index in [4.69, 9.17) is 26.2 Å². The van der Waals surface area contributed by atoms with Crippen LogP contribution >= 0.6 is 11.6 Å². The molecule has 2 heterocycles. The number of benzene rings is 1. The summed E-state index contributed by atoms with van der Waals surface area (Å²) in [5, 5.41) is 8.61. The lowest BCUT2D eigenvalue weighted by molar-refractivity contribution is -0.144. The molecule has 0 fully saturated rings. The summed E-state index contributed by atoms with van der Waals surface area (Å²) in [6.45, 7) is -1.13. The molecular weight excluding hydrogens is 502 g/mol. The van der Waals surface area contributed by atoms with Crippen molar-refractivity contribution in [2.75, 3.05) is 6.61 Å². The number of aromatic nitrogens is 3. The molecule has 3 aromatic rings. The van der Waals surface area contributed by atoms with Crippen molar-refractivity contribution in [2.24, 2.45) is 7.05 Å². The number of carbonyl (C=O) groups is 1. The summed E-state index contributed by atoms with van der Waals surface area (Å²) in [4.78, 5) is 39.0. The second-order valence-corrected chi connectivity index (χ2v) is 7.48. The molecule has 35 heavy (non-hydrogen) atoms. The van der Waals surface area contributed by atoms with Crippen LogP contribution in [0.1, 0.15) is 11.3 Å². The van der Waals surface area contributed by atoms with E-state index in [0.717, 1.165) is 13.1 Å². The van der Waals surface area contributed by atoms with E-state index in [2.05, 4.69) is 4.98 Å². The summed E-state index contributed by atoms with van der Waals surface area (Å²) in [5.74, 6) is -2.34. The zero-order chi connectivity index (χ0) is 25.9. The molecule has 0 spiro atoms. The number of rotatable bonds is 8. The molecule has 0 aliphatic carbocycles. The minimum atomic E-state index is -4.90. The number of ether oxygens (including phenoxy) is 2. The maximum Gasteiger partial charge on any atom is 0.431 e. The Hall–Kier alpha value is -3.87. The fourth-order valence-electron chi connectivity index (χ4n) is 3.03. The maximum atomic E-state index is 14.5. The monoisotopic (exact) mass is 517 g/mol. The first-order valence-corrected chi connectivity index (χ1v) is 10.1. The van der Waals surface area contributed by atoms with Gasteiger partial charge in [0.05, 0.1) is 5.02 Å². The average Bonchev–Trinajstić information content (AvgIpc) is 2.77. The fourth-order valence-corrected chi connectivity index (χ4v) is 3.22. The molecule has 0 saturated heterocycles. The van der Waals surface area contributed by atoms with Crippen LogP contribution in [0.25, 0.3) is 0 Å². The summed E-state index contributed by atoms with van der Waals surface area (Å²) >= 11 is 6.04. The summed E-state index contributed by atoms with van der Waals surface area (Å²) < 4.78 is 65.0. The number of aryl methyl sites for hydroxylation is 1. The summed E-state index contributed by atoms with van der Waals surface area (Å²) in [6, 6.07) is 5.23. The molecule has 14 heteroatoms. The van der Waals surface area contributed by atoms with Gasteiger partial charge in [0.2, 0.25) is 0 Å². The second-order valence-electron chi connectivity index (χ2n) is 7.07. The Balaban J connectivity index is 1.88. The van der Waals surface area contributed by atoms with Gasteiger partial charge in [-0.2, -0.15) is 13.2 Å². The van der Waals surface area contributed by atoms with Gasteiger partial charge in [-0.15, -0.1) is 0 Å². The van der Waals surface area contributed by atoms with Crippen LogP contribution in [-0.4, -0.2) is 31.8 Å². The highest BCUT2D eigenvalue weighted by Gasteiger charge is 2.34. The van der Waals surface area contributed by atoms with Gasteiger partial charge < -0.3 is 14.6 Å². The van der Waals surface area contributed by atoms with E-state index in [-0.39, 0.29) is 45.0 Å². The van der Waals surface area contributed by atoms with E-state index < -0.39 is 48.1 Å². The first kappa shape index (κ1) is 25.7. The largest absolute Gasteiger partial charge is 0.479 e. The number of pyridine rings is 1. The van der Waals surface area contributed by atoms with Gasteiger partial charge in [0.1, 0.15) is 17.3 Å². The number of nitrogens with zero attached hydrogens (tertiary/aromatic N) is 3. The highest BCUT2D eigenvalue weighted by Crippen LogP contribution is 2.35. The number of hydrogen-bond acceptors (Lipinski definition) is 6. The Morgan fingerprint density at radius 1 is 1.20 bits per heavy atom. The van der Waals surface area contributed by atoms with E-state index in [0.29, 0.717) is 4.57 Å². The Bertz CT molecular complexity index is 1390. The normalized spacial score (nSPS) is 11.4. The first-order chi connectivity index (χ1) is 16.4. The SMILES string of the molecule is Cn1c(C(F)(F)F)cc(=O)n(CCc2cc(Oc3cccnc3OCC(=O)O)c(Cl)cc2F)c1=O. The van der Waals surface area contributed by atoms with Gasteiger partial charge in [-0.05, 0) is 36.2 Å². The van der Waals surface area contributed by atoms with Gasteiger partial charge in [-0.1, -0.05) is 11.6 Å². The zero-order valence-electron chi connectivity index (χ0n) is 17.8. The third kappa shape index (κ3) is 5.98. The van der Waals surface area contributed by atoms with Crippen LogP contribution in [0.5, 0.6) is 17.4 Å². The summed E-state index contributed by atoms with van der Waals surface area (Å²) in [6.07, 6.45) is -3.85. The lowest BCUT2D eigenvalue weighted by Crippen LogP contribution is -2.42. The number of halogens is 5. The lowest BCUT2D eigenvalue weighted by atomic mass is 10.1. The molecule has 186 valence electrons. The number of hydrogen-bond donors (Lipinski definition) is 1. The Morgan fingerprint density at radius 2 is 1.91 bits per heavy atom. The van der Waals surface area contributed by atoms with Crippen LogP contribution in [0.4, 0.5) is 17.6 Å². The van der Waals surface area contributed by atoms with Crippen LogP contribution in [0, 0.1) is 5.82 Å². The van der Waals surface area contributed by atoms with E-state index in [9.17, 15) is 31.9 Å². The molecule has 0 amide bonds. The molecule has 9 nitrogen and oxygen atoms in total. The molecule has 1 aromatic carbocycles. The average molecular weight is 518 g/mol. The fraction of sp³-hybridized carbons (Fsp3) is 0.238. The smallest absolute Gasteiger partial charge is 0.431 e. The van der Waals surface area contributed by atoms with Crippen LogP contribution in [0.15, 0.2) is 46.1 Å². The van der Waals surface area contributed by atoms with Gasteiger partial charge in [-0.3, -0.25) is 13.9 Å². The van der Waals surface area contributed by atoms with Gasteiger partial charge in [0, 0.05) is 25.9 Å². The Labute approximate surface area is 198 Å². The van der Waals surface area contributed by atoms with E-state index in [1.807, 2.05) is 0 Å². The Kier molecular flexibility index (Phi) is 7.48. The molecule has 0 aliphatic rings. The van der Waals surface area contributed by atoms with Gasteiger partial charge in [0.15, 0.2) is 12.4 Å². The minimum Gasteiger partial charge on any atom is -0.479 e. The quantitative estimate of drug-likeness (QED) is 0.456. The van der Waals surface area contributed by atoms with Crippen LogP contribution in [0.2, 0.25) is 5.02 Å². The van der Waals surface area contributed by atoms with Gasteiger partial charge in [-0.25, -0.2) is 19.0 Å². The predicted octanol–water partition coefficient (Wildman–Crippen LogP) is 3.25. The van der Waals surface area contributed by atoms with Crippen molar-refractivity contribution in [2.45, 2.75) is 19.1 Å². The van der Waals surface area contributed by atoms with Gasteiger partial charge in [0.25, 0.3) is 11.4 Å². The number of carboxylic acids is 1. The molecule has 0 saturated carbocycles. The molecule has 0 unspecified atom stereocenters. The second kappa shape index (κ2) is 10.2. The molecule has 0 atom stereocenters. The van der Waals surface area contributed by atoms with Crippen molar-refractivity contribution in [3.05, 3.63) is 79.5 Å². The first-order valence-electron chi connectivity index (χ1n) is 9.72. The molecular formula is C21H16ClF4N3O6. The number of alkyl halides is 3. The molecule has 3 rings (SSSR count). The van der Waals surface area contributed by atoms with Gasteiger partial charge >= 0.3 is 17.8 Å². The summed E-state index contributed by atoms with van der Waals surface area (Å²) in [7, 11) is 0.869. The van der Waals surface area contributed by atoms with Crippen molar-refractivity contribution < 1.29 is 36.9 Å². The zero-order valence-corrected chi connectivity index (χ0v) is 18.6. The van der Waals surface area contributed by atoms with Crippen LogP contribution in [0.3, 0.4) is 0 Å². The number of aliphatic carboxylic acids is 1. The molecule has 1 N–H and O–H groups in total. The highest BCUT2D eigenvalue weighted by molar-refractivity contribution is 6.32. The third-order valence-electron chi connectivity index (χ3n) is 4.69. The molecule has 2 aromatic heterocycles. The number of carboxylic acid groups (broad SMARTS) is 1. The van der Waals surface area contributed by atoms with E-state index >= 15 is 0 Å². The Morgan fingerprint density at radius 3 is 2.57 bits per heavy atom. The molecule has 0 radical (unpaired) electrons. The maximum absolute atomic E-state index is 14.5. The lowest BCUT2D eigenvalue weighted by Gasteiger charge is -2.15. The van der Waals surface area contributed by atoms with E-state index in [1.165, 1.54) is 24.4 Å². The van der Waals surface area contributed by atoms with Crippen molar-refractivity contribution in [3.63, 3.8) is 0 Å². The van der Waals surface area contributed by atoms with E-state index in [1.54, 1.807) is 0 Å². The van der Waals surface area contributed by atoms with Crippen molar-refractivity contribution >= 4 is 17.6 Å². The standard InChI is InChI=1S/C21H16ClF4N3O6/c1-28-16(21(24,25)26)9-17(30)29(20(28)33)6-4-11-7-15(12(22)8-13(11)23)35-14-3-2-5-27-19(14)34-10-18(31)32/h2-3,5,7-9H,4,6,10H2,1H3,(H,31,32). The topological polar surface area (TPSA) is 113 Å². The highest BCUT2D eigenvalue weighted by atomic mass is 35.5. The van der Waals surface area contributed by atoms with Crippen molar-refractivity contribution in [1.29, 1.82) is 0 Å². The van der Waals surface area contributed by atoms with Crippen LogP contribution in [-0.2, 0) is 31.0 Å². The molecule has 0 aliphatic heterocycles. The summed E-state index contributed by atoms with van der Waals surface area (Å²) in [5.41, 5.74) is -3.88. The molecule has 0 bridgehead atoms. The van der Waals surface area contributed by atoms with Crippen molar-refractivity contribution in [3.8, 4) is 17.4 Å². The minimum absolute atomic E-state index is 0.0268. The third-order valence-corrected chi connectivity index (χ3v) is 4.99.